The molecule has 1 aromatic heterocycles. The van der Waals surface area contributed by atoms with Gasteiger partial charge in [0, 0.05) is 12.2 Å². The molecule has 1 aliphatic rings. The van der Waals surface area contributed by atoms with Gasteiger partial charge >= 0.3 is 0 Å². The van der Waals surface area contributed by atoms with Crippen LogP contribution in [0.15, 0.2) is 35.1 Å². The summed E-state index contributed by atoms with van der Waals surface area (Å²) in [5.41, 5.74) is 2.42. The standard InChI is InChI=1S/C14H15BrN2O/c15-11-5-1-2-7-14(11)18-9-12-13-6-3-4-8-17(13)10-16-12/h1-2,5,7,10H,3-4,6,8-9H2. The number of halogens is 1. The Bertz CT molecular complexity index is 550. The minimum Gasteiger partial charge on any atom is -0.486 e. The summed E-state index contributed by atoms with van der Waals surface area (Å²) in [5, 5.41) is 0. The number of ether oxygens (including phenoxy) is 1. The molecule has 0 aliphatic carbocycles. The highest BCUT2D eigenvalue weighted by atomic mass is 79.9. The van der Waals surface area contributed by atoms with Crippen LogP contribution in [-0.2, 0) is 19.6 Å². The van der Waals surface area contributed by atoms with Crippen LogP contribution < -0.4 is 4.74 Å². The van der Waals surface area contributed by atoms with Crippen molar-refractivity contribution in [2.75, 3.05) is 0 Å². The molecule has 0 spiro atoms. The van der Waals surface area contributed by atoms with Crippen LogP contribution in [0.25, 0.3) is 0 Å². The Kier molecular flexibility index (Phi) is 3.37. The molecule has 94 valence electrons. The van der Waals surface area contributed by atoms with E-state index in [0.717, 1.165) is 28.9 Å². The normalized spacial score (nSPS) is 14.3. The van der Waals surface area contributed by atoms with Gasteiger partial charge in [0.1, 0.15) is 12.4 Å². The fraction of sp³-hybridized carbons (Fsp3) is 0.357. The molecule has 1 aliphatic heterocycles. The van der Waals surface area contributed by atoms with E-state index >= 15 is 0 Å². The van der Waals surface area contributed by atoms with Crippen LogP contribution in [0.2, 0.25) is 0 Å². The molecule has 4 heteroatoms. The largest absolute Gasteiger partial charge is 0.486 e. The van der Waals surface area contributed by atoms with E-state index in [4.69, 9.17) is 4.74 Å². The van der Waals surface area contributed by atoms with Gasteiger partial charge in [-0.3, -0.25) is 0 Å². The second kappa shape index (κ2) is 5.14. The Labute approximate surface area is 115 Å². The molecule has 0 atom stereocenters. The lowest BCUT2D eigenvalue weighted by Gasteiger charge is -2.15. The monoisotopic (exact) mass is 306 g/mol. The molecule has 3 rings (SSSR count). The van der Waals surface area contributed by atoms with Crippen molar-refractivity contribution in [3.63, 3.8) is 0 Å². The van der Waals surface area contributed by atoms with Gasteiger partial charge < -0.3 is 9.30 Å². The van der Waals surface area contributed by atoms with Crippen LogP contribution in [0, 0.1) is 0 Å². The van der Waals surface area contributed by atoms with E-state index in [-0.39, 0.29) is 0 Å². The molecule has 0 radical (unpaired) electrons. The van der Waals surface area contributed by atoms with Gasteiger partial charge in [-0.05, 0) is 47.3 Å². The van der Waals surface area contributed by atoms with Gasteiger partial charge in [0.15, 0.2) is 0 Å². The SMILES string of the molecule is Brc1ccccc1OCc1ncn2c1CCCC2. The van der Waals surface area contributed by atoms with Crippen LogP contribution in [-0.4, -0.2) is 9.55 Å². The van der Waals surface area contributed by atoms with Gasteiger partial charge in [-0.25, -0.2) is 4.98 Å². The minimum atomic E-state index is 0.547. The quantitative estimate of drug-likeness (QED) is 0.867. The molecule has 1 aromatic carbocycles. The van der Waals surface area contributed by atoms with Crippen molar-refractivity contribution in [2.24, 2.45) is 0 Å². The predicted molar refractivity (Wildman–Crippen MR) is 73.6 cm³/mol. The summed E-state index contributed by atoms with van der Waals surface area (Å²) in [7, 11) is 0. The molecule has 0 saturated carbocycles. The number of nitrogens with zero attached hydrogens (tertiary/aromatic N) is 2. The van der Waals surface area contributed by atoms with Crippen molar-refractivity contribution < 1.29 is 4.74 Å². The van der Waals surface area contributed by atoms with Crippen LogP contribution in [0.3, 0.4) is 0 Å². The van der Waals surface area contributed by atoms with Gasteiger partial charge in [-0.15, -0.1) is 0 Å². The van der Waals surface area contributed by atoms with E-state index in [1.165, 1.54) is 18.5 Å². The van der Waals surface area contributed by atoms with Gasteiger partial charge in [0.05, 0.1) is 16.5 Å². The number of aryl methyl sites for hydroxylation is 1. The predicted octanol–water partition coefficient (Wildman–Crippen LogP) is 3.56. The zero-order valence-electron chi connectivity index (χ0n) is 10.1. The lowest BCUT2D eigenvalue weighted by Crippen LogP contribution is -2.11. The molecule has 0 amide bonds. The van der Waals surface area contributed by atoms with Gasteiger partial charge in [0.25, 0.3) is 0 Å². The van der Waals surface area contributed by atoms with E-state index in [1.807, 2.05) is 30.6 Å². The number of fused-ring (bicyclic) bond motifs is 1. The fourth-order valence-electron chi connectivity index (χ4n) is 2.33. The number of benzene rings is 1. The maximum Gasteiger partial charge on any atom is 0.134 e. The fourth-order valence-corrected chi connectivity index (χ4v) is 2.73. The van der Waals surface area contributed by atoms with Crippen molar-refractivity contribution in [3.8, 4) is 5.75 Å². The zero-order valence-corrected chi connectivity index (χ0v) is 11.7. The van der Waals surface area contributed by atoms with Crippen molar-refractivity contribution in [2.45, 2.75) is 32.4 Å². The summed E-state index contributed by atoms with van der Waals surface area (Å²) in [4.78, 5) is 4.47. The molecule has 18 heavy (non-hydrogen) atoms. The molecule has 0 fully saturated rings. The summed E-state index contributed by atoms with van der Waals surface area (Å²) < 4.78 is 9.06. The molecular weight excluding hydrogens is 292 g/mol. The third kappa shape index (κ3) is 2.29. The number of para-hydroxylation sites is 1. The number of hydrogen-bond acceptors (Lipinski definition) is 2. The molecule has 2 heterocycles. The smallest absolute Gasteiger partial charge is 0.134 e. The summed E-state index contributed by atoms with van der Waals surface area (Å²) in [6, 6.07) is 7.91. The van der Waals surface area contributed by atoms with Gasteiger partial charge in [-0.1, -0.05) is 12.1 Å². The second-order valence-corrected chi connectivity index (χ2v) is 5.36. The molecule has 2 aromatic rings. The highest BCUT2D eigenvalue weighted by molar-refractivity contribution is 9.10. The minimum absolute atomic E-state index is 0.547. The third-order valence-electron chi connectivity index (χ3n) is 3.30. The summed E-state index contributed by atoms with van der Waals surface area (Å²) in [5.74, 6) is 0.870. The highest BCUT2D eigenvalue weighted by Crippen LogP contribution is 2.25. The van der Waals surface area contributed by atoms with E-state index in [2.05, 4.69) is 25.5 Å². The first-order valence-electron chi connectivity index (χ1n) is 6.25. The number of aromatic nitrogens is 2. The first-order chi connectivity index (χ1) is 8.84. The van der Waals surface area contributed by atoms with Crippen LogP contribution in [0.1, 0.15) is 24.2 Å². The van der Waals surface area contributed by atoms with Crippen LogP contribution in [0.5, 0.6) is 5.75 Å². The Morgan fingerprint density at radius 1 is 1.28 bits per heavy atom. The molecule has 3 nitrogen and oxygen atoms in total. The first-order valence-corrected chi connectivity index (χ1v) is 7.04. The third-order valence-corrected chi connectivity index (χ3v) is 3.95. The number of hydrogen-bond donors (Lipinski definition) is 0. The van der Waals surface area contributed by atoms with Gasteiger partial charge in [0.2, 0.25) is 0 Å². The average Bonchev–Trinajstić information content (AvgIpc) is 2.81. The lowest BCUT2D eigenvalue weighted by atomic mass is 10.1. The van der Waals surface area contributed by atoms with Gasteiger partial charge in [-0.2, -0.15) is 0 Å². The topological polar surface area (TPSA) is 27.1 Å². The zero-order chi connectivity index (χ0) is 12.4. The van der Waals surface area contributed by atoms with E-state index < -0.39 is 0 Å². The van der Waals surface area contributed by atoms with E-state index in [9.17, 15) is 0 Å². The summed E-state index contributed by atoms with van der Waals surface area (Å²) in [6.45, 7) is 1.64. The average molecular weight is 307 g/mol. The Hall–Kier alpha value is -1.29. The highest BCUT2D eigenvalue weighted by Gasteiger charge is 2.15. The Balaban J connectivity index is 1.74. The summed E-state index contributed by atoms with van der Waals surface area (Å²) >= 11 is 3.48. The van der Waals surface area contributed by atoms with Crippen LogP contribution >= 0.6 is 15.9 Å². The van der Waals surface area contributed by atoms with E-state index in [1.54, 1.807) is 0 Å². The maximum absolute atomic E-state index is 5.82. The molecule has 0 unspecified atom stereocenters. The first kappa shape index (κ1) is 11.8. The van der Waals surface area contributed by atoms with Crippen molar-refractivity contribution in [3.05, 3.63) is 46.5 Å². The molecule has 0 saturated heterocycles. The Morgan fingerprint density at radius 3 is 3.06 bits per heavy atom. The molecule has 0 N–H and O–H groups in total. The van der Waals surface area contributed by atoms with Crippen molar-refractivity contribution in [1.82, 2.24) is 9.55 Å². The Morgan fingerprint density at radius 2 is 2.17 bits per heavy atom. The second-order valence-electron chi connectivity index (χ2n) is 4.51. The van der Waals surface area contributed by atoms with Crippen molar-refractivity contribution in [1.29, 1.82) is 0 Å². The maximum atomic E-state index is 5.82. The van der Waals surface area contributed by atoms with Crippen LogP contribution in [0.4, 0.5) is 0 Å². The van der Waals surface area contributed by atoms with E-state index in [0.29, 0.717) is 6.61 Å². The number of imidazole rings is 1. The molecule has 0 bridgehead atoms. The molecular formula is C14H15BrN2O. The number of rotatable bonds is 3. The lowest BCUT2D eigenvalue weighted by molar-refractivity contribution is 0.297. The van der Waals surface area contributed by atoms with Crippen molar-refractivity contribution >= 4 is 15.9 Å². The summed E-state index contributed by atoms with van der Waals surface area (Å²) in [6.07, 6.45) is 5.57.